The molecule has 1 heterocycles. The van der Waals surface area contributed by atoms with E-state index >= 15 is 0 Å². The fraction of sp³-hybridized carbons (Fsp3) is 0.333. The number of nitrogens with zero attached hydrogens (tertiary/aromatic N) is 1. The summed E-state index contributed by atoms with van der Waals surface area (Å²) < 4.78 is 0. The molecule has 0 fully saturated rings. The SMILES string of the molecule is C.CC.CN1C(=O)c2ccccc2C1=O. The molecule has 1 aromatic rings. The highest BCUT2D eigenvalue weighted by atomic mass is 16.2. The zero-order valence-corrected chi connectivity index (χ0v) is 8.57. The van der Waals surface area contributed by atoms with Crippen molar-refractivity contribution in [3.8, 4) is 0 Å². The number of carbonyl (C=O) groups is 2. The van der Waals surface area contributed by atoms with Gasteiger partial charge in [0.15, 0.2) is 0 Å². The van der Waals surface area contributed by atoms with Gasteiger partial charge in [0.25, 0.3) is 11.8 Å². The van der Waals surface area contributed by atoms with Crippen molar-refractivity contribution >= 4 is 11.8 Å². The topological polar surface area (TPSA) is 37.4 Å². The Morgan fingerprint density at radius 1 is 0.933 bits per heavy atom. The Bertz CT molecular complexity index is 337. The van der Waals surface area contributed by atoms with Crippen LogP contribution in [0, 0.1) is 0 Å². The highest BCUT2D eigenvalue weighted by molar-refractivity contribution is 6.21. The van der Waals surface area contributed by atoms with E-state index in [1.54, 1.807) is 24.3 Å². The fourth-order valence-corrected chi connectivity index (χ4v) is 1.31. The van der Waals surface area contributed by atoms with E-state index in [1.165, 1.54) is 7.05 Å². The van der Waals surface area contributed by atoms with Gasteiger partial charge in [0, 0.05) is 7.05 Å². The standard InChI is InChI=1S/C9H7NO2.C2H6.CH4/c1-10-8(11)6-4-2-3-5-7(6)9(10)12;1-2;/h2-5H,1H3;1-2H3;1H4. The molecule has 0 radical (unpaired) electrons. The molecule has 1 aromatic carbocycles. The average Bonchev–Trinajstić information content (AvgIpc) is 2.48. The van der Waals surface area contributed by atoms with Crippen LogP contribution in [0.15, 0.2) is 24.3 Å². The molecule has 0 spiro atoms. The molecule has 0 N–H and O–H groups in total. The van der Waals surface area contributed by atoms with Crippen LogP contribution in [0.3, 0.4) is 0 Å². The Kier molecular flexibility index (Phi) is 4.71. The van der Waals surface area contributed by atoms with Gasteiger partial charge in [-0.3, -0.25) is 14.5 Å². The Balaban J connectivity index is 0.000000617. The van der Waals surface area contributed by atoms with Crippen molar-refractivity contribution < 1.29 is 9.59 Å². The first-order valence-corrected chi connectivity index (χ1v) is 4.63. The minimum Gasteiger partial charge on any atom is -0.277 e. The zero-order valence-electron chi connectivity index (χ0n) is 8.57. The van der Waals surface area contributed by atoms with Gasteiger partial charge in [-0.15, -0.1) is 0 Å². The number of amides is 2. The van der Waals surface area contributed by atoms with Gasteiger partial charge in [-0.2, -0.15) is 0 Å². The molecule has 2 rings (SSSR count). The Hall–Kier alpha value is -1.64. The molecule has 0 aliphatic carbocycles. The predicted octanol–water partition coefficient (Wildman–Crippen LogP) is 2.57. The quantitative estimate of drug-likeness (QED) is 0.613. The van der Waals surface area contributed by atoms with E-state index in [0.29, 0.717) is 11.1 Å². The minimum absolute atomic E-state index is 0. The Morgan fingerprint density at radius 3 is 1.60 bits per heavy atom. The first-order chi connectivity index (χ1) is 6.72. The first kappa shape index (κ1) is 13.4. The molecule has 2 amide bonds. The van der Waals surface area contributed by atoms with Crippen molar-refractivity contribution in [2.45, 2.75) is 21.3 Å². The third kappa shape index (κ3) is 2.06. The molecule has 82 valence electrons. The summed E-state index contributed by atoms with van der Waals surface area (Å²) in [6.45, 7) is 4.00. The van der Waals surface area contributed by atoms with Crippen molar-refractivity contribution in [3.05, 3.63) is 35.4 Å². The van der Waals surface area contributed by atoms with Crippen molar-refractivity contribution in [1.29, 1.82) is 0 Å². The second-order valence-electron chi connectivity index (χ2n) is 2.71. The number of imide groups is 1. The van der Waals surface area contributed by atoms with Crippen LogP contribution in [0.25, 0.3) is 0 Å². The van der Waals surface area contributed by atoms with Crippen molar-refractivity contribution in [1.82, 2.24) is 4.90 Å². The second-order valence-corrected chi connectivity index (χ2v) is 2.71. The van der Waals surface area contributed by atoms with Crippen LogP contribution < -0.4 is 0 Å². The Labute approximate surface area is 90.7 Å². The molecule has 0 unspecified atom stereocenters. The summed E-state index contributed by atoms with van der Waals surface area (Å²) in [7, 11) is 1.49. The molecular weight excluding hydrogens is 190 g/mol. The number of hydrogen-bond acceptors (Lipinski definition) is 2. The smallest absolute Gasteiger partial charge is 0.261 e. The van der Waals surface area contributed by atoms with Crippen molar-refractivity contribution in [3.63, 3.8) is 0 Å². The van der Waals surface area contributed by atoms with E-state index in [-0.39, 0.29) is 19.2 Å². The van der Waals surface area contributed by atoms with E-state index in [4.69, 9.17) is 0 Å². The maximum atomic E-state index is 11.3. The number of rotatable bonds is 0. The Morgan fingerprint density at radius 2 is 1.27 bits per heavy atom. The van der Waals surface area contributed by atoms with Crippen molar-refractivity contribution in [2.75, 3.05) is 7.05 Å². The molecule has 1 aliphatic heterocycles. The fourth-order valence-electron chi connectivity index (χ4n) is 1.31. The van der Waals surface area contributed by atoms with Gasteiger partial charge >= 0.3 is 0 Å². The average molecular weight is 207 g/mol. The van der Waals surface area contributed by atoms with E-state index in [9.17, 15) is 9.59 Å². The van der Waals surface area contributed by atoms with Crippen molar-refractivity contribution in [2.24, 2.45) is 0 Å². The van der Waals surface area contributed by atoms with Crippen LogP contribution in [0.1, 0.15) is 42.0 Å². The van der Waals surface area contributed by atoms with Gasteiger partial charge in [0.2, 0.25) is 0 Å². The van der Waals surface area contributed by atoms with E-state index in [1.807, 2.05) is 13.8 Å². The van der Waals surface area contributed by atoms with Crippen LogP contribution in [0.4, 0.5) is 0 Å². The summed E-state index contributed by atoms with van der Waals surface area (Å²) in [6, 6.07) is 6.84. The molecule has 0 aromatic heterocycles. The van der Waals surface area contributed by atoms with Gasteiger partial charge in [-0.25, -0.2) is 0 Å². The summed E-state index contributed by atoms with van der Waals surface area (Å²) >= 11 is 0. The van der Waals surface area contributed by atoms with Crippen LogP contribution in [-0.2, 0) is 0 Å². The zero-order chi connectivity index (χ0) is 10.7. The van der Waals surface area contributed by atoms with Crippen LogP contribution in [0.2, 0.25) is 0 Å². The van der Waals surface area contributed by atoms with Gasteiger partial charge < -0.3 is 0 Å². The molecule has 0 bridgehead atoms. The van der Waals surface area contributed by atoms with E-state index < -0.39 is 0 Å². The lowest BCUT2D eigenvalue weighted by molar-refractivity contribution is 0.0693. The third-order valence-electron chi connectivity index (χ3n) is 2.00. The second kappa shape index (κ2) is 5.29. The third-order valence-corrected chi connectivity index (χ3v) is 2.00. The summed E-state index contributed by atoms with van der Waals surface area (Å²) in [4.78, 5) is 23.8. The normalized spacial score (nSPS) is 12.6. The molecule has 3 heteroatoms. The number of benzene rings is 1. The largest absolute Gasteiger partial charge is 0.277 e. The minimum atomic E-state index is -0.212. The lowest BCUT2D eigenvalue weighted by Gasteiger charge is -2.02. The molecule has 3 nitrogen and oxygen atoms in total. The maximum absolute atomic E-state index is 11.3. The van der Waals surface area contributed by atoms with Gasteiger partial charge in [-0.1, -0.05) is 33.4 Å². The maximum Gasteiger partial charge on any atom is 0.261 e. The van der Waals surface area contributed by atoms with Gasteiger partial charge in [-0.05, 0) is 12.1 Å². The highest BCUT2D eigenvalue weighted by Gasteiger charge is 2.31. The molecule has 1 aliphatic rings. The molecule has 15 heavy (non-hydrogen) atoms. The highest BCUT2D eigenvalue weighted by Crippen LogP contribution is 2.20. The summed E-state index contributed by atoms with van der Waals surface area (Å²) in [5, 5.41) is 0. The molecular formula is C12H17NO2. The predicted molar refractivity (Wildman–Crippen MR) is 60.9 cm³/mol. The summed E-state index contributed by atoms with van der Waals surface area (Å²) in [6.07, 6.45) is 0. The van der Waals surface area contributed by atoms with Crippen LogP contribution >= 0.6 is 0 Å². The lowest BCUT2D eigenvalue weighted by Crippen LogP contribution is -2.24. The molecule has 0 saturated heterocycles. The number of hydrogen-bond donors (Lipinski definition) is 0. The van der Waals surface area contributed by atoms with Crippen LogP contribution in [0.5, 0.6) is 0 Å². The van der Waals surface area contributed by atoms with E-state index in [0.717, 1.165) is 4.90 Å². The number of fused-ring (bicyclic) bond motifs is 1. The molecule has 0 atom stereocenters. The molecule has 0 saturated carbocycles. The van der Waals surface area contributed by atoms with Gasteiger partial charge in [0.05, 0.1) is 11.1 Å². The monoisotopic (exact) mass is 207 g/mol. The lowest BCUT2D eigenvalue weighted by atomic mass is 10.1. The first-order valence-electron chi connectivity index (χ1n) is 4.63. The summed E-state index contributed by atoms with van der Waals surface area (Å²) in [5.41, 5.74) is 1.01. The summed E-state index contributed by atoms with van der Waals surface area (Å²) in [5.74, 6) is -0.425. The van der Waals surface area contributed by atoms with E-state index in [2.05, 4.69) is 0 Å². The van der Waals surface area contributed by atoms with Crippen LogP contribution in [-0.4, -0.2) is 23.8 Å². The number of carbonyl (C=O) groups excluding carboxylic acids is 2. The van der Waals surface area contributed by atoms with Gasteiger partial charge in [0.1, 0.15) is 0 Å².